The van der Waals surface area contributed by atoms with Crippen molar-refractivity contribution >= 4 is 22.8 Å². The van der Waals surface area contributed by atoms with Crippen molar-refractivity contribution < 1.29 is 18.0 Å². The Kier molecular flexibility index (Phi) is 7.97. The predicted octanol–water partition coefficient (Wildman–Crippen LogP) is 6.69. The molecule has 1 fully saturated rings. The fraction of sp³-hybridized carbons (Fsp3) is 0.265. The molecular weight excluding hydrogens is 565 g/mol. The number of ketones is 1. The van der Waals surface area contributed by atoms with Crippen molar-refractivity contribution in [3.05, 3.63) is 113 Å². The van der Waals surface area contributed by atoms with Gasteiger partial charge in [0.2, 0.25) is 0 Å². The Morgan fingerprint density at radius 3 is 2.66 bits per heavy atom. The molecule has 0 bridgehead atoms. The molecule has 6 rings (SSSR count). The fourth-order valence-electron chi connectivity index (χ4n) is 5.42. The molecule has 2 aromatic carbocycles. The number of pyridine rings is 1. The van der Waals surface area contributed by atoms with E-state index in [0.717, 1.165) is 55.0 Å². The van der Waals surface area contributed by atoms with E-state index in [1.165, 1.54) is 12.1 Å². The summed E-state index contributed by atoms with van der Waals surface area (Å²) >= 11 is 0. The number of Topliss-reactive ketones (excluding diaryl/α,β-unsaturated/α-hetero) is 1. The second-order valence-corrected chi connectivity index (χ2v) is 11.2. The van der Waals surface area contributed by atoms with Crippen LogP contribution in [0.15, 0.2) is 79.4 Å². The van der Waals surface area contributed by atoms with E-state index in [1.807, 2.05) is 46.7 Å². The van der Waals surface area contributed by atoms with E-state index < -0.39 is 11.7 Å². The number of aromatic nitrogens is 4. The van der Waals surface area contributed by atoms with Crippen LogP contribution < -0.4 is 5.32 Å². The summed E-state index contributed by atoms with van der Waals surface area (Å²) in [5, 5.41) is 8.03. The number of fused-ring (bicyclic) bond motifs is 1. The Morgan fingerprint density at radius 1 is 1.05 bits per heavy atom. The molecule has 1 aliphatic heterocycles. The number of imidazole rings is 1. The zero-order valence-corrected chi connectivity index (χ0v) is 24.4. The molecule has 5 aromatic rings. The summed E-state index contributed by atoms with van der Waals surface area (Å²) in [5.74, 6) is 6.05. The van der Waals surface area contributed by atoms with Crippen LogP contribution in [0.5, 0.6) is 0 Å². The predicted molar refractivity (Wildman–Crippen MR) is 163 cm³/mol. The maximum Gasteiger partial charge on any atom is 0.416 e. The number of rotatable bonds is 6. The lowest BCUT2D eigenvalue weighted by atomic mass is 9.98. The summed E-state index contributed by atoms with van der Waals surface area (Å²) < 4.78 is 43.3. The summed E-state index contributed by atoms with van der Waals surface area (Å²) in [6.07, 6.45) is 5.00. The smallest absolute Gasteiger partial charge is 0.350 e. The van der Waals surface area contributed by atoms with E-state index in [1.54, 1.807) is 24.4 Å². The highest BCUT2D eigenvalue weighted by molar-refractivity contribution is 5.98. The zero-order valence-electron chi connectivity index (χ0n) is 24.4. The molecule has 3 aromatic heterocycles. The summed E-state index contributed by atoms with van der Waals surface area (Å²) in [7, 11) is 2.14. The van der Waals surface area contributed by atoms with Gasteiger partial charge in [-0.2, -0.15) is 18.3 Å². The van der Waals surface area contributed by atoms with Crippen molar-refractivity contribution in [2.45, 2.75) is 38.4 Å². The van der Waals surface area contributed by atoms with Gasteiger partial charge in [0.25, 0.3) is 0 Å². The molecule has 0 radical (unpaired) electrons. The molecule has 0 amide bonds. The van der Waals surface area contributed by atoms with E-state index in [2.05, 4.69) is 39.2 Å². The van der Waals surface area contributed by atoms with Gasteiger partial charge in [-0.1, -0.05) is 36.3 Å². The van der Waals surface area contributed by atoms with E-state index in [9.17, 15) is 18.0 Å². The van der Waals surface area contributed by atoms with Crippen molar-refractivity contribution in [3.8, 4) is 11.8 Å². The molecule has 1 N–H and O–H groups in total. The second-order valence-electron chi connectivity index (χ2n) is 11.2. The third-order valence-electron chi connectivity index (χ3n) is 7.98. The first-order chi connectivity index (χ1) is 21.1. The third kappa shape index (κ3) is 6.38. The Bertz CT molecular complexity index is 1890. The third-order valence-corrected chi connectivity index (χ3v) is 7.98. The maximum atomic E-state index is 13.1. The normalized spacial score (nSPS) is 14.4. The molecule has 44 heavy (non-hydrogen) atoms. The lowest BCUT2D eigenvalue weighted by molar-refractivity contribution is -0.137. The number of anilines is 2. The lowest BCUT2D eigenvalue weighted by Crippen LogP contribution is -2.31. The van der Waals surface area contributed by atoms with E-state index in [0.29, 0.717) is 34.1 Å². The van der Waals surface area contributed by atoms with Gasteiger partial charge in [-0.25, -0.2) is 4.98 Å². The monoisotopic (exact) mass is 596 g/mol. The number of piperidine rings is 1. The van der Waals surface area contributed by atoms with Gasteiger partial charge in [0.15, 0.2) is 11.4 Å². The van der Waals surface area contributed by atoms with E-state index in [-0.39, 0.29) is 12.2 Å². The van der Waals surface area contributed by atoms with Gasteiger partial charge in [0.1, 0.15) is 5.69 Å². The number of carbonyl (C=O) groups is 1. The largest absolute Gasteiger partial charge is 0.416 e. The number of alkyl halides is 3. The van der Waals surface area contributed by atoms with Crippen molar-refractivity contribution in [1.82, 2.24) is 24.1 Å². The van der Waals surface area contributed by atoms with Crippen LogP contribution >= 0.6 is 0 Å². The van der Waals surface area contributed by atoms with Gasteiger partial charge in [0.05, 0.1) is 35.4 Å². The first-order valence-electron chi connectivity index (χ1n) is 14.4. The number of halogens is 3. The number of hydrogen-bond acceptors (Lipinski definition) is 5. The van der Waals surface area contributed by atoms with Crippen LogP contribution in [0.25, 0.3) is 5.65 Å². The van der Waals surface area contributed by atoms with Gasteiger partial charge in [-0.05, 0) is 81.2 Å². The highest BCUT2D eigenvalue weighted by atomic mass is 19.4. The zero-order chi connectivity index (χ0) is 30.8. The number of hydrogen-bond donors (Lipinski definition) is 1. The number of nitrogens with zero attached hydrogens (tertiary/aromatic N) is 5. The molecule has 10 heteroatoms. The molecule has 224 valence electrons. The molecule has 4 heterocycles. The molecule has 0 atom stereocenters. The standard InChI is InChI=1S/C34H31F3N6O/c1-23-8-9-26(32(44)18-24-5-3-6-27(17-24)34(35,36)37)19-25(23)10-11-30-21-38-33-31(7-4-14-42(30)33)40-28-20-39-43(22-28)29-12-15-41(2)16-13-29/h3-9,14,17,19-22,29,40H,12-13,15-16,18H2,1-2H3. The van der Waals surface area contributed by atoms with Crippen molar-refractivity contribution in [2.75, 3.05) is 25.5 Å². The minimum Gasteiger partial charge on any atom is -0.350 e. The quantitative estimate of drug-likeness (QED) is 0.175. The number of nitrogens with one attached hydrogen (secondary N) is 1. The van der Waals surface area contributed by atoms with Gasteiger partial charge in [-0.3, -0.25) is 13.9 Å². The summed E-state index contributed by atoms with van der Waals surface area (Å²) in [5.41, 5.74) is 4.56. The summed E-state index contributed by atoms with van der Waals surface area (Å²) in [4.78, 5) is 19.9. The van der Waals surface area contributed by atoms with Crippen LogP contribution in [0.4, 0.5) is 24.5 Å². The molecule has 1 saturated heterocycles. The highest BCUT2D eigenvalue weighted by Gasteiger charge is 2.30. The van der Waals surface area contributed by atoms with Crippen molar-refractivity contribution in [1.29, 1.82) is 0 Å². The van der Waals surface area contributed by atoms with Gasteiger partial charge < -0.3 is 10.2 Å². The molecule has 1 aliphatic rings. The Morgan fingerprint density at radius 2 is 1.86 bits per heavy atom. The van der Waals surface area contributed by atoms with E-state index in [4.69, 9.17) is 0 Å². The molecule has 0 saturated carbocycles. The maximum absolute atomic E-state index is 13.1. The number of benzene rings is 2. The van der Waals surface area contributed by atoms with Gasteiger partial charge in [0, 0.05) is 29.9 Å². The topological polar surface area (TPSA) is 67.5 Å². The highest BCUT2D eigenvalue weighted by Crippen LogP contribution is 2.30. The molecular formula is C34H31F3N6O. The van der Waals surface area contributed by atoms with Crippen molar-refractivity contribution in [2.24, 2.45) is 0 Å². The molecule has 0 aliphatic carbocycles. The molecule has 0 unspecified atom stereocenters. The lowest BCUT2D eigenvalue weighted by Gasteiger charge is -2.28. The van der Waals surface area contributed by atoms with Crippen LogP contribution in [0.3, 0.4) is 0 Å². The summed E-state index contributed by atoms with van der Waals surface area (Å²) in [6, 6.07) is 14.3. The first kappa shape index (κ1) is 29.2. The number of likely N-dealkylation sites (tertiary alicyclic amines) is 1. The minimum atomic E-state index is -4.46. The van der Waals surface area contributed by atoms with Crippen molar-refractivity contribution in [3.63, 3.8) is 0 Å². The summed E-state index contributed by atoms with van der Waals surface area (Å²) in [6.45, 7) is 4.02. The Balaban J connectivity index is 1.19. The first-order valence-corrected chi connectivity index (χ1v) is 14.4. The Labute approximate surface area is 253 Å². The second kappa shape index (κ2) is 12.0. The van der Waals surface area contributed by atoms with Gasteiger partial charge in [-0.15, -0.1) is 0 Å². The molecule has 0 spiro atoms. The van der Waals surface area contributed by atoms with Crippen LogP contribution in [0, 0.1) is 18.8 Å². The molecule has 7 nitrogen and oxygen atoms in total. The van der Waals surface area contributed by atoms with Crippen LogP contribution in [0.2, 0.25) is 0 Å². The SMILES string of the molecule is Cc1ccc(C(=O)Cc2cccc(C(F)(F)F)c2)cc1C#Cc1cnc2c(Nc3cnn(C4CCN(C)CC4)c3)cccn12. The number of carbonyl (C=O) groups excluding carboxylic acids is 1. The van der Waals surface area contributed by atoms with Crippen LogP contribution in [-0.4, -0.2) is 50.0 Å². The Hall–Kier alpha value is -4.88. The van der Waals surface area contributed by atoms with Crippen LogP contribution in [0.1, 0.15) is 57.2 Å². The van der Waals surface area contributed by atoms with E-state index >= 15 is 0 Å². The van der Waals surface area contributed by atoms with Gasteiger partial charge >= 0.3 is 6.18 Å². The number of aryl methyl sites for hydroxylation is 1. The average Bonchev–Trinajstić information content (AvgIpc) is 3.64. The average molecular weight is 597 g/mol. The minimum absolute atomic E-state index is 0.139. The van der Waals surface area contributed by atoms with Crippen LogP contribution in [-0.2, 0) is 12.6 Å². The fourth-order valence-corrected chi connectivity index (χ4v) is 5.42.